The molecular formula is C26H21BrClF2N3O3. The highest BCUT2D eigenvalue weighted by Gasteiger charge is 2.26. The molecule has 0 fully saturated rings. The van der Waals surface area contributed by atoms with E-state index in [0.717, 1.165) is 11.1 Å². The lowest BCUT2D eigenvalue weighted by Gasteiger charge is -2.25. The zero-order chi connectivity index (χ0) is 25.3. The molecule has 6 nitrogen and oxygen atoms in total. The average Bonchev–Trinajstić information content (AvgIpc) is 3.22. The zero-order valence-corrected chi connectivity index (χ0v) is 21.2. The van der Waals surface area contributed by atoms with Crippen LogP contribution in [0.1, 0.15) is 21.5 Å². The summed E-state index contributed by atoms with van der Waals surface area (Å²) in [5.74, 6) is -0.357. The van der Waals surface area contributed by atoms with Gasteiger partial charge in [-0.2, -0.15) is 13.8 Å². The van der Waals surface area contributed by atoms with Crippen molar-refractivity contribution in [2.24, 2.45) is 0 Å². The average molecular weight is 577 g/mol. The minimum atomic E-state index is -3.31. The van der Waals surface area contributed by atoms with Crippen molar-refractivity contribution in [1.82, 2.24) is 9.55 Å². The molecule has 0 radical (unpaired) electrons. The van der Waals surface area contributed by atoms with E-state index in [4.69, 9.17) is 21.1 Å². The minimum Gasteiger partial charge on any atom is -0.462 e. The molecule has 0 bridgehead atoms. The number of alkyl halides is 3. The number of amides is 1. The number of rotatable bonds is 7. The lowest BCUT2D eigenvalue weighted by Crippen LogP contribution is -2.32. The number of hydrogen-bond acceptors (Lipinski definition) is 4. The molecule has 5 rings (SSSR count). The third-order valence-electron chi connectivity index (χ3n) is 5.75. The smallest absolute Gasteiger partial charge is 0.325 e. The van der Waals surface area contributed by atoms with E-state index in [0.29, 0.717) is 52.6 Å². The van der Waals surface area contributed by atoms with Crippen molar-refractivity contribution in [2.45, 2.75) is 31.1 Å². The minimum absolute atomic E-state index is 0.147. The van der Waals surface area contributed by atoms with Crippen LogP contribution in [0, 0.1) is 0 Å². The number of fused-ring (bicyclic) bond motifs is 3. The first kappa shape index (κ1) is 24.7. The molecule has 1 amide bonds. The Bertz CT molecular complexity index is 1390. The lowest BCUT2D eigenvalue weighted by atomic mass is 10.1. The number of anilines is 1. The Morgan fingerprint density at radius 2 is 1.92 bits per heavy atom. The molecule has 1 aliphatic rings. The molecule has 10 heteroatoms. The van der Waals surface area contributed by atoms with Gasteiger partial charge in [-0.25, -0.2) is 0 Å². The SMILES string of the molecule is O=C(Nc1ccc(CC(F)(F)Cl)cc1)c1cc(Br)c2c(c1)nc1n2C[C@H](OCc2ccccc2)CO1. The first-order valence-electron chi connectivity index (χ1n) is 11.2. The van der Waals surface area contributed by atoms with Gasteiger partial charge < -0.3 is 14.8 Å². The molecule has 0 saturated carbocycles. The van der Waals surface area contributed by atoms with E-state index in [1.54, 1.807) is 24.3 Å². The predicted molar refractivity (Wildman–Crippen MR) is 137 cm³/mol. The van der Waals surface area contributed by atoms with E-state index in [-0.39, 0.29) is 12.0 Å². The molecule has 1 atom stereocenters. The van der Waals surface area contributed by atoms with Crippen molar-refractivity contribution >= 4 is 50.2 Å². The second kappa shape index (κ2) is 10.2. The van der Waals surface area contributed by atoms with Crippen LogP contribution in [0.5, 0.6) is 6.01 Å². The number of imidazole rings is 1. The summed E-state index contributed by atoms with van der Waals surface area (Å²) in [6.45, 7) is 1.43. The molecule has 1 aromatic heterocycles. The molecule has 3 aromatic carbocycles. The number of ether oxygens (including phenoxy) is 2. The summed E-state index contributed by atoms with van der Waals surface area (Å²) in [5.41, 5.74) is 3.73. The number of nitrogens with zero attached hydrogens (tertiary/aromatic N) is 2. The molecule has 1 aliphatic heterocycles. The molecule has 186 valence electrons. The maximum absolute atomic E-state index is 13.0. The Balaban J connectivity index is 1.30. The van der Waals surface area contributed by atoms with E-state index in [2.05, 4.69) is 26.2 Å². The van der Waals surface area contributed by atoms with Crippen LogP contribution in [0.2, 0.25) is 0 Å². The number of benzene rings is 3. The highest BCUT2D eigenvalue weighted by Crippen LogP contribution is 2.33. The first-order chi connectivity index (χ1) is 17.2. The monoisotopic (exact) mass is 575 g/mol. The highest BCUT2D eigenvalue weighted by atomic mass is 79.9. The second-order valence-electron chi connectivity index (χ2n) is 8.50. The van der Waals surface area contributed by atoms with Gasteiger partial charge >= 0.3 is 5.38 Å². The Morgan fingerprint density at radius 1 is 1.17 bits per heavy atom. The number of carbonyl (C=O) groups is 1. The van der Waals surface area contributed by atoms with Crippen molar-refractivity contribution in [2.75, 3.05) is 11.9 Å². The molecular weight excluding hydrogens is 556 g/mol. The van der Waals surface area contributed by atoms with Gasteiger partial charge in [0.15, 0.2) is 0 Å². The topological polar surface area (TPSA) is 65.4 Å². The molecule has 0 aliphatic carbocycles. The Hall–Kier alpha value is -3.01. The van der Waals surface area contributed by atoms with Crippen LogP contribution < -0.4 is 10.1 Å². The summed E-state index contributed by atoms with van der Waals surface area (Å²) in [5, 5.41) is -0.536. The van der Waals surface area contributed by atoms with Gasteiger partial charge in [-0.15, -0.1) is 0 Å². The predicted octanol–water partition coefficient (Wildman–Crippen LogP) is 6.40. The van der Waals surface area contributed by atoms with Gasteiger partial charge in [-0.3, -0.25) is 9.36 Å². The van der Waals surface area contributed by atoms with E-state index in [1.165, 1.54) is 12.1 Å². The van der Waals surface area contributed by atoms with Crippen LogP contribution in [0.4, 0.5) is 14.5 Å². The van der Waals surface area contributed by atoms with Crippen molar-refractivity contribution in [3.8, 4) is 6.01 Å². The fourth-order valence-corrected chi connectivity index (χ4v) is 4.88. The van der Waals surface area contributed by atoms with Crippen molar-refractivity contribution in [1.29, 1.82) is 0 Å². The summed E-state index contributed by atoms with van der Waals surface area (Å²) >= 11 is 8.56. The van der Waals surface area contributed by atoms with Gasteiger partial charge in [-0.1, -0.05) is 42.5 Å². The van der Waals surface area contributed by atoms with Crippen molar-refractivity contribution in [3.63, 3.8) is 0 Å². The van der Waals surface area contributed by atoms with Gasteiger partial charge in [0.25, 0.3) is 11.9 Å². The van der Waals surface area contributed by atoms with Crippen LogP contribution in [-0.4, -0.2) is 33.6 Å². The van der Waals surface area contributed by atoms with E-state index < -0.39 is 11.8 Å². The summed E-state index contributed by atoms with van der Waals surface area (Å²) in [6.07, 6.45) is -0.732. The molecule has 4 aromatic rings. The van der Waals surface area contributed by atoms with E-state index in [9.17, 15) is 13.6 Å². The van der Waals surface area contributed by atoms with Gasteiger partial charge in [0.2, 0.25) is 0 Å². The van der Waals surface area contributed by atoms with Gasteiger partial charge in [-0.05, 0) is 62.9 Å². The molecule has 36 heavy (non-hydrogen) atoms. The summed E-state index contributed by atoms with van der Waals surface area (Å²) in [4.78, 5) is 17.4. The molecule has 0 spiro atoms. The van der Waals surface area contributed by atoms with E-state index >= 15 is 0 Å². The maximum atomic E-state index is 13.0. The first-order valence-corrected chi connectivity index (χ1v) is 12.4. The fraction of sp³-hybridized carbons (Fsp3) is 0.231. The van der Waals surface area contributed by atoms with Gasteiger partial charge in [0, 0.05) is 15.7 Å². The number of carbonyl (C=O) groups excluding carboxylic acids is 1. The molecule has 1 N–H and O–H groups in total. The maximum Gasteiger partial charge on any atom is 0.325 e. The third kappa shape index (κ3) is 5.69. The fourth-order valence-electron chi connectivity index (χ4n) is 4.06. The lowest BCUT2D eigenvalue weighted by molar-refractivity contribution is -0.0191. The highest BCUT2D eigenvalue weighted by molar-refractivity contribution is 9.10. The van der Waals surface area contributed by atoms with Crippen LogP contribution in [0.3, 0.4) is 0 Å². The molecule has 2 heterocycles. The Labute approximate surface area is 219 Å². The normalized spacial score (nSPS) is 15.4. The largest absolute Gasteiger partial charge is 0.462 e. The van der Waals surface area contributed by atoms with Gasteiger partial charge in [0.05, 0.1) is 30.6 Å². The van der Waals surface area contributed by atoms with Crippen LogP contribution in [0.25, 0.3) is 11.0 Å². The Kier molecular flexibility index (Phi) is 6.96. The van der Waals surface area contributed by atoms with Crippen LogP contribution >= 0.6 is 27.5 Å². The van der Waals surface area contributed by atoms with Crippen molar-refractivity contribution in [3.05, 3.63) is 87.9 Å². The zero-order valence-electron chi connectivity index (χ0n) is 18.9. The van der Waals surface area contributed by atoms with Crippen LogP contribution in [0.15, 0.2) is 71.2 Å². The van der Waals surface area contributed by atoms with Gasteiger partial charge in [0.1, 0.15) is 12.7 Å². The van der Waals surface area contributed by atoms with Crippen molar-refractivity contribution < 1.29 is 23.0 Å². The number of aromatic nitrogens is 2. The number of hydrogen-bond donors (Lipinski definition) is 1. The quantitative estimate of drug-likeness (QED) is 0.259. The number of halogens is 4. The van der Waals surface area contributed by atoms with Crippen LogP contribution in [-0.2, 0) is 24.3 Å². The molecule has 0 saturated heterocycles. The van der Waals surface area contributed by atoms with E-state index in [1.807, 2.05) is 34.9 Å². The number of nitrogens with one attached hydrogen (secondary N) is 1. The Morgan fingerprint density at radius 3 is 2.64 bits per heavy atom. The summed E-state index contributed by atoms with van der Waals surface area (Å²) in [7, 11) is 0. The standard InChI is InChI=1S/C26H21BrClF2N3O3/c27-21-10-18(24(34)31-19-8-6-16(7-9-19)12-26(28,29)30)11-22-23(21)33-13-20(15-36-25(33)32-22)35-14-17-4-2-1-3-5-17/h1-11,20H,12-15H2,(H,31,34)/t20-/m0/s1. The third-order valence-corrected chi connectivity index (χ3v) is 6.49. The second-order valence-corrected chi connectivity index (χ2v) is 9.91. The summed E-state index contributed by atoms with van der Waals surface area (Å²) in [6, 6.07) is 19.9. The molecule has 0 unspecified atom stereocenters. The summed E-state index contributed by atoms with van der Waals surface area (Å²) < 4.78 is 40.5.